The zero-order valence-electron chi connectivity index (χ0n) is 12.4. The number of hydrogen-bond acceptors (Lipinski definition) is 7. The van der Waals surface area contributed by atoms with Crippen LogP contribution in [0, 0.1) is 0 Å². The summed E-state index contributed by atoms with van der Waals surface area (Å²) in [5.41, 5.74) is 0.246. The lowest BCUT2D eigenvalue weighted by molar-refractivity contribution is 0.0600. The molecule has 0 amide bonds. The SMILES string of the molecule is CCOP(=S)(NS(=O)(=O)c1ccc(C(=O)OC)cc1)OCC. The Kier molecular flexibility index (Phi) is 7.11. The molecule has 0 fully saturated rings. The first-order chi connectivity index (χ1) is 10.3. The van der Waals surface area contributed by atoms with E-state index < -0.39 is 22.6 Å². The summed E-state index contributed by atoms with van der Waals surface area (Å²) in [5, 5.41) is 0. The molecule has 1 aromatic rings. The van der Waals surface area contributed by atoms with Gasteiger partial charge in [0.25, 0.3) is 6.64 Å². The second-order valence-corrected chi connectivity index (χ2v) is 9.11. The first kappa shape index (κ1) is 19.2. The topological polar surface area (TPSA) is 90.9 Å². The molecule has 0 aliphatic heterocycles. The molecule has 0 aromatic heterocycles. The summed E-state index contributed by atoms with van der Waals surface area (Å²) in [6, 6.07) is 5.27. The van der Waals surface area contributed by atoms with E-state index in [1.165, 1.54) is 31.4 Å². The molecule has 0 saturated carbocycles. The van der Waals surface area contributed by atoms with Crippen molar-refractivity contribution in [2.45, 2.75) is 18.7 Å². The van der Waals surface area contributed by atoms with Crippen molar-refractivity contribution in [1.82, 2.24) is 4.49 Å². The second kappa shape index (κ2) is 8.14. The lowest BCUT2D eigenvalue weighted by atomic mass is 10.2. The molecule has 0 atom stereocenters. The minimum absolute atomic E-state index is 0.0474. The highest BCUT2D eigenvalue weighted by atomic mass is 32.5. The van der Waals surface area contributed by atoms with Crippen molar-refractivity contribution in [2.75, 3.05) is 20.3 Å². The van der Waals surface area contributed by atoms with E-state index in [1.54, 1.807) is 13.8 Å². The summed E-state index contributed by atoms with van der Waals surface area (Å²) in [7, 11) is -2.67. The van der Waals surface area contributed by atoms with E-state index in [1.807, 2.05) is 0 Å². The summed E-state index contributed by atoms with van der Waals surface area (Å²) in [4.78, 5) is 11.3. The van der Waals surface area contributed by atoms with Gasteiger partial charge >= 0.3 is 5.97 Å². The molecular formula is C12H18NO6PS2. The Balaban J connectivity index is 3.03. The quantitative estimate of drug-likeness (QED) is 0.555. The molecular weight excluding hydrogens is 349 g/mol. The van der Waals surface area contributed by atoms with Crippen LogP contribution in [0.3, 0.4) is 0 Å². The Bertz CT molecular complexity index is 649. The van der Waals surface area contributed by atoms with E-state index in [0.29, 0.717) is 0 Å². The zero-order valence-corrected chi connectivity index (χ0v) is 15.0. The lowest BCUT2D eigenvalue weighted by Crippen LogP contribution is -2.23. The van der Waals surface area contributed by atoms with Crippen molar-refractivity contribution >= 4 is 34.4 Å². The molecule has 7 nitrogen and oxygen atoms in total. The van der Waals surface area contributed by atoms with Crippen LogP contribution in [0.1, 0.15) is 24.2 Å². The lowest BCUT2D eigenvalue weighted by Gasteiger charge is -2.21. The van der Waals surface area contributed by atoms with E-state index in [0.717, 1.165) is 0 Å². The van der Waals surface area contributed by atoms with Crippen molar-refractivity contribution in [3.05, 3.63) is 29.8 Å². The summed E-state index contributed by atoms with van der Waals surface area (Å²) in [5.74, 6) is -0.550. The highest BCUT2D eigenvalue weighted by Gasteiger charge is 2.27. The van der Waals surface area contributed by atoms with Crippen LogP contribution in [0.5, 0.6) is 0 Å². The minimum Gasteiger partial charge on any atom is -0.465 e. The molecule has 0 aliphatic carbocycles. The normalized spacial score (nSPS) is 12.1. The molecule has 1 N–H and O–H groups in total. The van der Waals surface area contributed by atoms with E-state index in [-0.39, 0.29) is 23.7 Å². The maximum absolute atomic E-state index is 12.3. The molecule has 10 heteroatoms. The average Bonchev–Trinajstić information content (AvgIpc) is 2.46. The van der Waals surface area contributed by atoms with Gasteiger partial charge in [0.15, 0.2) is 0 Å². The van der Waals surface area contributed by atoms with Crippen LogP contribution in [0.4, 0.5) is 0 Å². The van der Waals surface area contributed by atoms with Crippen LogP contribution >= 0.6 is 6.64 Å². The molecule has 1 rings (SSSR count). The fourth-order valence-electron chi connectivity index (χ4n) is 1.52. The molecule has 1 aromatic carbocycles. The fraction of sp³-hybridized carbons (Fsp3) is 0.417. The van der Waals surface area contributed by atoms with E-state index >= 15 is 0 Å². The number of carbonyl (C=O) groups excluding carboxylic acids is 1. The van der Waals surface area contributed by atoms with E-state index in [2.05, 4.69) is 9.23 Å². The molecule has 0 unspecified atom stereocenters. The monoisotopic (exact) mass is 367 g/mol. The first-order valence-corrected chi connectivity index (χ1v) is 10.5. The van der Waals surface area contributed by atoms with Gasteiger partial charge in [-0.3, -0.25) is 0 Å². The number of carbonyl (C=O) groups is 1. The van der Waals surface area contributed by atoms with Crippen molar-refractivity contribution in [2.24, 2.45) is 0 Å². The van der Waals surface area contributed by atoms with Crippen LogP contribution in [-0.2, 0) is 35.6 Å². The summed E-state index contributed by atoms with van der Waals surface area (Å²) < 4.78 is 42.0. The second-order valence-electron chi connectivity index (χ2n) is 3.94. The molecule has 0 saturated heterocycles. The van der Waals surface area contributed by atoms with Crippen LogP contribution in [-0.4, -0.2) is 34.7 Å². The number of esters is 1. The Morgan fingerprint density at radius 3 is 2.09 bits per heavy atom. The van der Waals surface area contributed by atoms with Gasteiger partial charge in [0.2, 0.25) is 10.0 Å². The predicted octanol–water partition coefficient (Wildman–Crippen LogP) is 2.05. The number of methoxy groups -OCH3 is 1. The summed E-state index contributed by atoms with van der Waals surface area (Å²) >= 11 is 5.14. The number of rotatable bonds is 8. The Morgan fingerprint density at radius 2 is 1.68 bits per heavy atom. The van der Waals surface area contributed by atoms with Crippen LogP contribution in [0.25, 0.3) is 0 Å². The van der Waals surface area contributed by atoms with Crippen molar-refractivity contribution < 1.29 is 27.0 Å². The summed E-state index contributed by atoms with van der Waals surface area (Å²) in [6.07, 6.45) is 0. The third-order valence-corrected chi connectivity index (χ3v) is 7.66. The van der Waals surface area contributed by atoms with E-state index in [9.17, 15) is 13.2 Å². The number of hydrogen-bond donors (Lipinski definition) is 1. The largest absolute Gasteiger partial charge is 0.465 e. The van der Waals surface area contributed by atoms with Gasteiger partial charge in [-0.25, -0.2) is 13.2 Å². The molecule has 0 radical (unpaired) electrons. The van der Waals surface area contributed by atoms with Gasteiger partial charge in [0, 0.05) is 0 Å². The van der Waals surface area contributed by atoms with Gasteiger partial charge in [-0.1, -0.05) is 0 Å². The third-order valence-electron chi connectivity index (χ3n) is 2.42. The summed E-state index contributed by atoms with van der Waals surface area (Å²) in [6.45, 7) is 0.695. The third kappa shape index (κ3) is 5.12. The van der Waals surface area contributed by atoms with Crippen molar-refractivity contribution in [1.29, 1.82) is 0 Å². The standard InChI is InChI=1S/C12H18NO6PS2/c1-4-18-20(21,19-5-2)13-22(15,16)11-8-6-10(7-9-11)12(14)17-3/h6-9H,4-5H2,1-3H3,(H,13,21). The molecule has 0 bridgehead atoms. The highest BCUT2D eigenvalue weighted by molar-refractivity contribution is 8.14. The zero-order chi connectivity index (χ0) is 16.8. The highest BCUT2D eigenvalue weighted by Crippen LogP contribution is 2.45. The molecule has 0 aliphatic rings. The van der Waals surface area contributed by atoms with Gasteiger partial charge in [0.1, 0.15) is 0 Å². The van der Waals surface area contributed by atoms with Crippen LogP contribution < -0.4 is 4.49 Å². The Hall–Kier alpha value is -0.830. The molecule has 0 heterocycles. The van der Waals surface area contributed by atoms with Gasteiger partial charge in [-0.05, 0) is 49.9 Å². The molecule has 22 heavy (non-hydrogen) atoms. The van der Waals surface area contributed by atoms with Crippen molar-refractivity contribution in [3.63, 3.8) is 0 Å². The van der Waals surface area contributed by atoms with Gasteiger partial charge in [0.05, 0.1) is 30.8 Å². The van der Waals surface area contributed by atoms with Crippen LogP contribution in [0.15, 0.2) is 29.2 Å². The molecule has 124 valence electrons. The van der Waals surface area contributed by atoms with Crippen molar-refractivity contribution in [3.8, 4) is 0 Å². The Morgan fingerprint density at radius 1 is 1.18 bits per heavy atom. The Labute approximate surface area is 135 Å². The average molecular weight is 367 g/mol. The van der Waals surface area contributed by atoms with Gasteiger partial charge in [-0.2, -0.15) is 0 Å². The smallest absolute Gasteiger partial charge is 0.337 e. The predicted molar refractivity (Wildman–Crippen MR) is 85.6 cm³/mol. The number of sulfonamides is 1. The van der Waals surface area contributed by atoms with Gasteiger partial charge in [-0.15, -0.1) is 4.49 Å². The minimum atomic E-state index is -3.92. The first-order valence-electron chi connectivity index (χ1n) is 6.39. The number of nitrogens with one attached hydrogen (secondary N) is 1. The number of ether oxygens (including phenoxy) is 1. The maximum atomic E-state index is 12.3. The van der Waals surface area contributed by atoms with E-state index in [4.69, 9.17) is 20.9 Å². The fourth-order valence-corrected chi connectivity index (χ4v) is 6.30. The van der Waals surface area contributed by atoms with Crippen LogP contribution in [0.2, 0.25) is 0 Å². The number of benzene rings is 1. The van der Waals surface area contributed by atoms with Gasteiger partial charge < -0.3 is 13.8 Å². The maximum Gasteiger partial charge on any atom is 0.337 e. The molecule has 0 spiro atoms.